The summed E-state index contributed by atoms with van der Waals surface area (Å²) in [6.45, 7) is 0.120. The molecular formula is C26H18FN5O3S. The molecule has 2 amide bonds. The second-order valence-corrected chi connectivity index (χ2v) is 9.27. The molecule has 3 aromatic heterocycles. The van der Waals surface area contributed by atoms with Gasteiger partial charge in [-0.25, -0.2) is 14.4 Å². The molecule has 0 aliphatic carbocycles. The number of fused-ring (bicyclic) bond motifs is 2. The lowest BCUT2D eigenvalue weighted by Crippen LogP contribution is -2.37. The number of H-pyrrole nitrogens is 1. The molecule has 1 unspecified atom stereocenters. The predicted molar refractivity (Wildman–Crippen MR) is 133 cm³/mol. The molecule has 1 atom stereocenters. The molecule has 1 aliphatic heterocycles. The largest absolute Gasteiger partial charge is 0.508 e. The molecule has 36 heavy (non-hydrogen) atoms. The van der Waals surface area contributed by atoms with Crippen molar-refractivity contribution in [3.8, 4) is 16.9 Å². The zero-order valence-corrected chi connectivity index (χ0v) is 19.4. The highest BCUT2D eigenvalue weighted by atomic mass is 32.1. The van der Waals surface area contributed by atoms with Crippen molar-refractivity contribution < 1.29 is 19.1 Å². The van der Waals surface area contributed by atoms with Crippen LogP contribution in [0, 0.1) is 5.82 Å². The van der Waals surface area contributed by atoms with Crippen molar-refractivity contribution in [2.75, 3.05) is 5.32 Å². The zero-order chi connectivity index (χ0) is 24.8. The summed E-state index contributed by atoms with van der Waals surface area (Å²) in [6, 6.07) is 11.5. The van der Waals surface area contributed by atoms with Crippen LogP contribution in [0.5, 0.6) is 5.75 Å². The number of aromatic amines is 1. The van der Waals surface area contributed by atoms with Gasteiger partial charge in [-0.15, -0.1) is 11.3 Å². The second-order valence-electron chi connectivity index (χ2n) is 8.38. The molecule has 5 aromatic rings. The van der Waals surface area contributed by atoms with E-state index in [0.29, 0.717) is 10.7 Å². The molecule has 6 rings (SSSR count). The number of benzene rings is 2. The molecule has 4 heterocycles. The van der Waals surface area contributed by atoms with Crippen LogP contribution in [0.15, 0.2) is 72.5 Å². The van der Waals surface area contributed by atoms with E-state index in [1.807, 2.05) is 30.5 Å². The van der Waals surface area contributed by atoms with Crippen LogP contribution >= 0.6 is 11.3 Å². The van der Waals surface area contributed by atoms with Gasteiger partial charge in [-0.05, 0) is 47.5 Å². The average molecular weight is 500 g/mol. The Morgan fingerprint density at radius 2 is 2.03 bits per heavy atom. The molecule has 0 fully saturated rings. The third-order valence-electron chi connectivity index (χ3n) is 6.18. The van der Waals surface area contributed by atoms with E-state index in [1.54, 1.807) is 17.6 Å². The highest BCUT2D eigenvalue weighted by molar-refractivity contribution is 7.13. The number of thiazole rings is 1. The number of phenols is 1. The van der Waals surface area contributed by atoms with Crippen molar-refractivity contribution in [3.63, 3.8) is 0 Å². The number of aromatic hydroxyl groups is 1. The molecule has 0 saturated carbocycles. The van der Waals surface area contributed by atoms with Gasteiger partial charge in [0.1, 0.15) is 23.3 Å². The maximum Gasteiger partial charge on any atom is 0.255 e. The Labute approximate surface area is 208 Å². The van der Waals surface area contributed by atoms with Gasteiger partial charge in [0.2, 0.25) is 0 Å². The lowest BCUT2D eigenvalue weighted by molar-refractivity contribution is -0.120. The number of carbonyl (C=O) groups is 2. The van der Waals surface area contributed by atoms with Crippen LogP contribution in [0.1, 0.15) is 27.5 Å². The quantitative estimate of drug-likeness (QED) is 0.320. The normalized spacial score (nSPS) is 13.7. The lowest BCUT2D eigenvalue weighted by atomic mass is 10.0. The van der Waals surface area contributed by atoms with Gasteiger partial charge in [-0.2, -0.15) is 0 Å². The molecule has 2 aromatic carbocycles. The summed E-state index contributed by atoms with van der Waals surface area (Å²) >= 11 is 1.21. The number of phenolic OH excluding ortho intramolecular Hbond substituents is 1. The molecule has 0 bridgehead atoms. The number of aromatic nitrogens is 3. The van der Waals surface area contributed by atoms with E-state index in [4.69, 9.17) is 0 Å². The first-order chi connectivity index (χ1) is 17.5. The van der Waals surface area contributed by atoms with Crippen molar-refractivity contribution in [2.45, 2.75) is 12.6 Å². The number of hydrogen-bond donors (Lipinski definition) is 3. The maximum absolute atomic E-state index is 14.2. The van der Waals surface area contributed by atoms with Crippen LogP contribution in [0.2, 0.25) is 0 Å². The smallest absolute Gasteiger partial charge is 0.255 e. The van der Waals surface area contributed by atoms with Crippen molar-refractivity contribution in [2.24, 2.45) is 0 Å². The summed E-state index contributed by atoms with van der Waals surface area (Å²) in [5, 5.41) is 16.1. The zero-order valence-electron chi connectivity index (χ0n) is 18.6. The Bertz CT molecular complexity index is 1630. The highest BCUT2D eigenvalue weighted by Gasteiger charge is 2.39. The van der Waals surface area contributed by atoms with Crippen LogP contribution in [0.4, 0.5) is 9.52 Å². The number of nitrogens with zero attached hydrogens (tertiary/aromatic N) is 3. The Morgan fingerprint density at radius 3 is 2.86 bits per heavy atom. The van der Waals surface area contributed by atoms with E-state index in [0.717, 1.165) is 39.9 Å². The molecule has 178 valence electrons. The van der Waals surface area contributed by atoms with Crippen LogP contribution in [-0.4, -0.2) is 36.8 Å². The number of nitrogens with one attached hydrogen (secondary N) is 2. The number of rotatable bonds is 5. The van der Waals surface area contributed by atoms with Crippen LogP contribution in [0.25, 0.3) is 22.2 Å². The average Bonchev–Trinajstić information content (AvgIpc) is 3.62. The monoisotopic (exact) mass is 499 g/mol. The van der Waals surface area contributed by atoms with E-state index in [-0.39, 0.29) is 17.9 Å². The van der Waals surface area contributed by atoms with E-state index < -0.39 is 23.7 Å². The van der Waals surface area contributed by atoms with Gasteiger partial charge in [-0.1, -0.05) is 12.1 Å². The number of halogens is 1. The number of carbonyl (C=O) groups excluding carboxylic acids is 2. The summed E-state index contributed by atoms with van der Waals surface area (Å²) in [4.78, 5) is 39.8. The molecule has 0 radical (unpaired) electrons. The van der Waals surface area contributed by atoms with Gasteiger partial charge >= 0.3 is 0 Å². The minimum Gasteiger partial charge on any atom is -0.508 e. The number of hydrogen-bond acceptors (Lipinski definition) is 6. The van der Waals surface area contributed by atoms with E-state index >= 15 is 0 Å². The van der Waals surface area contributed by atoms with Crippen molar-refractivity contribution in [3.05, 3.63) is 95.0 Å². The number of amides is 2. The summed E-state index contributed by atoms with van der Waals surface area (Å²) in [6.07, 6.45) is 5.07. The SMILES string of the molecule is O=C(Nc1nccs1)C(c1cc(F)ccc1O)N1Cc2ccc(-c3cnc4[nH]ccc4c3)cc2C1=O. The molecule has 0 spiro atoms. The first-order valence-corrected chi connectivity index (χ1v) is 11.9. The molecule has 3 N–H and O–H groups in total. The van der Waals surface area contributed by atoms with Crippen molar-refractivity contribution in [1.29, 1.82) is 0 Å². The predicted octanol–water partition coefficient (Wildman–Crippen LogP) is 4.87. The first-order valence-electron chi connectivity index (χ1n) is 11.0. The minimum absolute atomic E-state index is 0.00690. The molecule has 0 saturated heterocycles. The molecule has 10 heteroatoms. The van der Waals surface area contributed by atoms with Gasteiger partial charge in [0.05, 0.1) is 0 Å². The Balaban J connectivity index is 1.38. The van der Waals surface area contributed by atoms with Crippen molar-refractivity contribution >= 4 is 39.3 Å². The molecule has 1 aliphatic rings. The molecular weight excluding hydrogens is 481 g/mol. The Kier molecular flexibility index (Phi) is 5.23. The Hall–Kier alpha value is -4.57. The third kappa shape index (κ3) is 3.77. The maximum atomic E-state index is 14.2. The van der Waals surface area contributed by atoms with Gasteiger partial charge < -0.3 is 15.0 Å². The van der Waals surface area contributed by atoms with Crippen molar-refractivity contribution in [1.82, 2.24) is 19.9 Å². The fourth-order valence-electron chi connectivity index (χ4n) is 4.46. The third-order valence-corrected chi connectivity index (χ3v) is 6.87. The summed E-state index contributed by atoms with van der Waals surface area (Å²) < 4.78 is 14.2. The standard InChI is InChI=1S/C26H18FN5O3S/c27-18-3-4-21(33)20(11-18)22(24(34)31-26-29-7-8-36-26)32-13-16-2-1-14(10-19(16)25(32)35)17-9-15-5-6-28-23(15)30-12-17/h1-12,22,33H,13H2,(H,28,30)(H,29,31,34). The van der Waals surface area contributed by atoms with Crippen LogP contribution < -0.4 is 5.32 Å². The first kappa shape index (κ1) is 21.9. The number of anilines is 1. The fourth-order valence-corrected chi connectivity index (χ4v) is 5.00. The van der Waals surface area contributed by atoms with Gasteiger partial charge in [-0.3, -0.25) is 14.9 Å². The van der Waals surface area contributed by atoms with Crippen LogP contribution in [-0.2, 0) is 11.3 Å². The lowest BCUT2D eigenvalue weighted by Gasteiger charge is -2.27. The Morgan fingerprint density at radius 1 is 1.14 bits per heavy atom. The van der Waals surface area contributed by atoms with Crippen LogP contribution in [0.3, 0.4) is 0 Å². The van der Waals surface area contributed by atoms with Gasteiger partial charge in [0.25, 0.3) is 11.8 Å². The summed E-state index contributed by atoms with van der Waals surface area (Å²) in [5.74, 6) is -1.92. The van der Waals surface area contributed by atoms with Gasteiger partial charge in [0, 0.05) is 52.6 Å². The van der Waals surface area contributed by atoms with E-state index in [2.05, 4.69) is 20.3 Å². The summed E-state index contributed by atoms with van der Waals surface area (Å²) in [5.41, 5.74) is 3.57. The fraction of sp³-hybridized carbons (Fsp3) is 0.0769. The number of pyridine rings is 1. The minimum atomic E-state index is -1.27. The van der Waals surface area contributed by atoms with Gasteiger partial charge in [0.15, 0.2) is 5.13 Å². The molecule has 8 nitrogen and oxygen atoms in total. The summed E-state index contributed by atoms with van der Waals surface area (Å²) in [7, 11) is 0. The second kappa shape index (κ2) is 8.58. The topological polar surface area (TPSA) is 111 Å². The highest BCUT2D eigenvalue weighted by Crippen LogP contribution is 2.38. The van der Waals surface area contributed by atoms with E-state index in [9.17, 15) is 19.1 Å². The van der Waals surface area contributed by atoms with E-state index in [1.165, 1.54) is 28.5 Å².